The van der Waals surface area contributed by atoms with Crippen molar-refractivity contribution in [3.8, 4) is 5.75 Å². The summed E-state index contributed by atoms with van der Waals surface area (Å²) in [7, 11) is 0. The van der Waals surface area contributed by atoms with E-state index in [1.54, 1.807) is 39.0 Å². The number of amides is 2. The molecule has 1 aliphatic rings. The maximum absolute atomic E-state index is 12.1. The predicted octanol–water partition coefficient (Wildman–Crippen LogP) is 2.62. The smallest absolute Gasteiger partial charge is 0.412 e. The molecule has 1 aromatic carbocycles. The monoisotopic (exact) mass is 350 g/mol. The number of hydrogen-bond acceptors (Lipinski definition) is 5. The highest BCUT2D eigenvalue weighted by Gasteiger charge is 2.26. The zero-order valence-corrected chi connectivity index (χ0v) is 14.5. The molecule has 0 spiro atoms. The van der Waals surface area contributed by atoms with Gasteiger partial charge in [0.25, 0.3) is 5.91 Å². The van der Waals surface area contributed by atoms with E-state index in [4.69, 9.17) is 14.6 Å². The van der Waals surface area contributed by atoms with E-state index in [0.717, 1.165) is 0 Å². The van der Waals surface area contributed by atoms with Gasteiger partial charge in [0.15, 0.2) is 6.61 Å². The van der Waals surface area contributed by atoms with Crippen molar-refractivity contribution >= 4 is 29.3 Å². The minimum atomic E-state index is -0.915. The third-order valence-corrected chi connectivity index (χ3v) is 3.32. The normalized spacial score (nSPS) is 13.7. The molecule has 0 unspecified atom stereocenters. The van der Waals surface area contributed by atoms with Crippen molar-refractivity contribution < 1.29 is 29.0 Å². The van der Waals surface area contributed by atoms with Crippen LogP contribution in [0.4, 0.5) is 16.2 Å². The summed E-state index contributed by atoms with van der Waals surface area (Å²) in [6, 6.07) is 4.91. The first-order chi connectivity index (χ1) is 11.7. The van der Waals surface area contributed by atoms with Gasteiger partial charge in [-0.15, -0.1) is 0 Å². The summed E-state index contributed by atoms with van der Waals surface area (Å²) in [6.45, 7) is 5.44. The van der Waals surface area contributed by atoms with E-state index in [1.165, 1.54) is 4.90 Å². The molecule has 1 aromatic rings. The number of benzene rings is 1. The van der Waals surface area contributed by atoms with Crippen molar-refractivity contribution in [3.63, 3.8) is 0 Å². The predicted molar refractivity (Wildman–Crippen MR) is 91.0 cm³/mol. The van der Waals surface area contributed by atoms with E-state index in [1.807, 2.05) is 0 Å². The Kier molecular flexibility index (Phi) is 5.51. The summed E-state index contributed by atoms with van der Waals surface area (Å²) in [4.78, 5) is 36.1. The fourth-order valence-corrected chi connectivity index (χ4v) is 2.33. The Bertz CT molecular complexity index is 680. The van der Waals surface area contributed by atoms with Gasteiger partial charge in [-0.2, -0.15) is 0 Å². The summed E-state index contributed by atoms with van der Waals surface area (Å²) in [5, 5.41) is 11.4. The van der Waals surface area contributed by atoms with E-state index < -0.39 is 17.7 Å². The molecule has 0 fully saturated rings. The molecule has 2 N–H and O–H groups in total. The number of anilines is 2. The molecule has 0 radical (unpaired) electrons. The lowest BCUT2D eigenvalue weighted by molar-refractivity contribution is -0.137. The number of aliphatic carboxylic acids is 1. The lowest BCUT2D eigenvalue weighted by Crippen LogP contribution is -2.39. The van der Waals surface area contributed by atoms with Crippen LogP contribution < -0.4 is 15.0 Å². The van der Waals surface area contributed by atoms with Gasteiger partial charge < -0.3 is 19.5 Å². The first-order valence-corrected chi connectivity index (χ1v) is 7.95. The molecule has 136 valence electrons. The number of carbonyl (C=O) groups excluding carboxylic acids is 2. The summed E-state index contributed by atoms with van der Waals surface area (Å²) in [5.41, 5.74) is 0.324. The molecule has 8 nitrogen and oxygen atoms in total. The van der Waals surface area contributed by atoms with Crippen LogP contribution in [0.15, 0.2) is 18.2 Å². The lowest BCUT2D eigenvalue weighted by atomic mass is 10.2. The van der Waals surface area contributed by atoms with Gasteiger partial charge in [0.1, 0.15) is 11.4 Å². The van der Waals surface area contributed by atoms with E-state index in [9.17, 15) is 14.4 Å². The van der Waals surface area contributed by atoms with Gasteiger partial charge in [-0.05, 0) is 45.4 Å². The highest BCUT2D eigenvalue weighted by atomic mass is 16.6. The Labute approximate surface area is 145 Å². The highest BCUT2D eigenvalue weighted by Crippen LogP contribution is 2.34. The first-order valence-electron chi connectivity index (χ1n) is 7.95. The minimum absolute atomic E-state index is 0.0319. The summed E-state index contributed by atoms with van der Waals surface area (Å²) in [6.07, 6.45) is -0.312. The van der Waals surface area contributed by atoms with Gasteiger partial charge in [-0.1, -0.05) is 0 Å². The quantitative estimate of drug-likeness (QED) is 0.846. The number of carbonyl (C=O) groups is 3. The molecule has 2 rings (SSSR count). The number of nitrogens with zero attached hydrogens (tertiary/aromatic N) is 1. The maximum atomic E-state index is 12.1. The van der Waals surface area contributed by atoms with Crippen LogP contribution in [-0.2, 0) is 14.3 Å². The third kappa shape index (κ3) is 5.37. The molecule has 1 heterocycles. The maximum Gasteiger partial charge on any atom is 0.412 e. The zero-order valence-electron chi connectivity index (χ0n) is 14.5. The second-order valence-electron chi connectivity index (χ2n) is 6.64. The number of hydrogen-bond donors (Lipinski definition) is 2. The topological polar surface area (TPSA) is 105 Å². The number of carboxylic acid groups (broad SMARTS) is 1. The highest BCUT2D eigenvalue weighted by molar-refractivity contribution is 5.99. The van der Waals surface area contributed by atoms with Gasteiger partial charge in [0.05, 0.1) is 5.69 Å². The van der Waals surface area contributed by atoms with Crippen LogP contribution in [0.25, 0.3) is 0 Å². The summed E-state index contributed by atoms with van der Waals surface area (Å²) < 4.78 is 10.6. The SMILES string of the molecule is CC(C)(C)OC(=O)Nc1ccc2c(c1)N(CCCC(=O)O)C(=O)CO2. The van der Waals surface area contributed by atoms with Crippen molar-refractivity contribution in [3.05, 3.63) is 18.2 Å². The van der Waals surface area contributed by atoms with Crippen LogP contribution in [-0.4, -0.2) is 41.8 Å². The average molecular weight is 350 g/mol. The van der Waals surface area contributed by atoms with Crippen molar-refractivity contribution in [2.45, 2.75) is 39.2 Å². The number of carboxylic acids is 1. The Morgan fingerprint density at radius 3 is 2.72 bits per heavy atom. The van der Waals surface area contributed by atoms with Crippen molar-refractivity contribution in [1.82, 2.24) is 0 Å². The second-order valence-corrected chi connectivity index (χ2v) is 6.64. The molecular formula is C17H22N2O6. The van der Waals surface area contributed by atoms with Gasteiger partial charge in [0, 0.05) is 18.7 Å². The van der Waals surface area contributed by atoms with Crippen LogP contribution in [0, 0.1) is 0 Å². The molecule has 0 aromatic heterocycles. The van der Waals surface area contributed by atoms with Crippen molar-refractivity contribution in [2.75, 3.05) is 23.4 Å². The zero-order chi connectivity index (χ0) is 18.6. The molecule has 0 aliphatic carbocycles. The van der Waals surface area contributed by atoms with Gasteiger partial charge in [-0.3, -0.25) is 14.9 Å². The third-order valence-electron chi connectivity index (χ3n) is 3.32. The minimum Gasteiger partial charge on any atom is -0.482 e. The first kappa shape index (κ1) is 18.6. The molecular weight excluding hydrogens is 328 g/mol. The van der Waals surface area contributed by atoms with Gasteiger partial charge >= 0.3 is 12.1 Å². The molecule has 1 aliphatic heterocycles. The van der Waals surface area contributed by atoms with E-state index in [-0.39, 0.29) is 25.5 Å². The van der Waals surface area contributed by atoms with Crippen LogP contribution in [0.1, 0.15) is 33.6 Å². The van der Waals surface area contributed by atoms with Crippen LogP contribution in [0.5, 0.6) is 5.75 Å². The number of fused-ring (bicyclic) bond motifs is 1. The van der Waals surface area contributed by atoms with Crippen LogP contribution in [0.2, 0.25) is 0 Å². The molecule has 0 saturated carbocycles. The standard InChI is InChI=1S/C17H22N2O6/c1-17(2,3)25-16(23)18-11-6-7-13-12(9-11)19(14(20)10-24-13)8-4-5-15(21)22/h6-7,9H,4-5,8,10H2,1-3H3,(H,18,23)(H,21,22). The molecule has 8 heteroatoms. The lowest BCUT2D eigenvalue weighted by Gasteiger charge is -2.29. The van der Waals surface area contributed by atoms with E-state index in [2.05, 4.69) is 5.32 Å². The average Bonchev–Trinajstić information content (AvgIpc) is 2.47. The molecule has 25 heavy (non-hydrogen) atoms. The Morgan fingerprint density at radius 2 is 2.08 bits per heavy atom. The van der Waals surface area contributed by atoms with E-state index in [0.29, 0.717) is 23.5 Å². The van der Waals surface area contributed by atoms with Crippen molar-refractivity contribution in [1.29, 1.82) is 0 Å². The fraction of sp³-hybridized carbons (Fsp3) is 0.471. The Morgan fingerprint density at radius 1 is 1.36 bits per heavy atom. The van der Waals surface area contributed by atoms with Crippen LogP contribution in [0.3, 0.4) is 0 Å². The Balaban J connectivity index is 2.14. The number of nitrogens with one attached hydrogen (secondary N) is 1. The number of ether oxygens (including phenoxy) is 2. The molecule has 0 bridgehead atoms. The van der Waals surface area contributed by atoms with Gasteiger partial charge in [0.2, 0.25) is 0 Å². The molecule has 2 amide bonds. The Hall–Kier alpha value is -2.77. The second kappa shape index (κ2) is 7.42. The largest absolute Gasteiger partial charge is 0.482 e. The molecule has 0 saturated heterocycles. The molecule has 0 atom stereocenters. The van der Waals surface area contributed by atoms with Crippen molar-refractivity contribution in [2.24, 2.45) is 0 Å². The fourth-order valence-electron chi connectivity index (χ4n) is 2.33. The summed E-state index contributed by atoms with van der Waals surface area (Å²) in [5.74, 6) is -0.668. The van der Waals surface area contributed by atoms with Gasteiger partial charge in [-0.25, -0.2) is 4.79 Å². The summed E-state index contributed by atoms with van der Waals surface area (Å²) >= 11 is 0. The number of rotatable bonds is 5. The van der Waals surface area contributed by atoms with E-state index >= 15 is 0 Å². The van der Waals surface area contributed by atoms with Crippen LogP contribution >= 0.6 is 0 Å².